The van der Waals surface area contributed by atoms with E-state index in [4.69, 9.17) is 0 Å². The molecule has 0 amide bonds. The van der Waals surface area contributed by atoms with Crippen molar-refractivity contribution in [2.24, 2.45) is 81.8 Å². The van der Waals surface area contributed by atoms with Gasteiger partial charge in [0.25, 0.3) is 0 Å². The van der Waals surface area contributed by atoms with Crippen LogP contribution in [-0.4, -0.2) is 0 Å². The summed E-state index contributed by atoms with van der Waals surface area (Å²) in [6, 6.07) is 0. The monoisotopic (exact) mass is 811 g/mol. The molecule has 0 saturated heterocycles. The SMILES string of the molecule is CC.CC.CC.CC.CCC1CC2(C1)CC(CC1CCC(C)CC1)C2.CCC1CCC(CC2CC3(CC(C)C3)C2)CC1.CCC1CCC(CC2CCC(C)CC2)CC1. The second-order valence-electron chi connectivity index (χ2n) is 22.3. The first-order chi connectivity index (χ1) is 28.2. The van der Waals surface area contributed by atoms with Crippen LogP contribution in [0.3, 0.4) is 0 Å². The standard InChI is InChI=1S/2C17H30.C16H30.4C2H6/c1-3-14-4-6-15(7-5-14)8-16-11-17(12-16)9-13(2)10-17;1-3-14-9-17(10-14)11-16(12-17)8-15-6-4-13(2)5-7-15;1-3-14-8-10-16(11-9-14)12-15-6-4-13(2)5-7-15;4*1-2/h2*13-16H,3-12H2,1-2H3;13-16H,3-12H2,1-2H3;4*1-2H3. The fourth-order valence-corrected chi connectivity index (χ4v) is 14.5. The van der Waals surface area contributed by atoms with Crippen LogP contribution in [0.1, 0.15) is 290 Å². The molecule has 8 saturated carbocycles. The lowest BCUT2D eigenvalue weighted by Crippen LogP contribution is -2.47. The van der Waals surface area contributed by atoms with E-state index in [1.807, 2.05) is 55.4 Å². The van der Waals surface area contributed by atoms with E-state index >= 15 is 0 Å². The van der Waals surface area contributed by atoms with E-state index in [1.54, 1.807) is 109 Å². The summed E-state index contributed by atoms with van der Waals surface area (Å²) < 4.78 is 0. The largest absolute Gasteiger partial charge is 0.0683 e. The summed E-state index contributed by atoms with van der Waals surface area (Å²) in [7, 11) is 0. The first-order valence-electron chi connectivity index (χ1n) is 28.2. The van der Waals surface area contributed by atoms with E-state index in [0.29, 0.717) is 0 Å². The van der Waals surface area contributed by atoms with Gasteiger partial charge in [0.15, 0.2) is 0 Å². The lowest BCUT2D eigenvalue weighted by molar-refractivity contribution is -0.0771. The Morgan fingerprint density at radius 3 is 0.759 bits per heavy atom. The van der Waals surface area contributed by atoms with Gasteiger partial charge in [0.05, 0.1) is 0 Å². The third-order valence-corrected chi connectivity index (χ3v) is 17.8. The minimum Gasteiger partial charge on any atom is -0.0683 e. The molecule has 0 aliphatic heterocycles. The zero-order valence-electron chi connectivity index (χ0n) is 43.1. The van der Waals surface area contributed by atoms with Crippen LogP contribution in [0.4, 0.5) is 0 Å². The van der Waals surface area contributed by atoms with Crippen LogP contribution in [0.15, 0.2) is 0 Å². The predicted molar refractivity (Wildman–Crippen MR) is 265 cm³/mol. The smallest absolute Gasteiger partial charge is 0.0287 e. The molecule has 2 spiro atoms. The Hall–Kier alpha value is 0. The highest BCUT2D eigenvalue weighted by Crippen LogP contribution is 2.64. The maximum absolute atomic E-state index is 2.44. The fourth-order valence-electron chi connectivity index (χ4n) is 14.5. The van der Waals surface area contributed by atoms with E-state index in [2.05, 4.69) is 41.5 Å². The Kier molecular flexibility index (Phi) is 27.4. The zero-order chi connectivity index (χ0) is 43.1. The summed E-state index contributed by atoms with van der Waals surface area (Å²) in [6.07, 6.45) is 46.3. The Morgan fingerprint density at radius 1 is 0.259 bits per heavy atom. The van der Waals surface area contributed by atoms with Gasteiger partial charge in [-0.1, -0.05) is 219 Å². The first kappa shape index (κ1) is 54.1. The second kappa shape index (κ2) is 29.4. The summed E-state index contributed by atoms with van der Waals surface area (Å²) in [5.74, 6) is 13.0. The van der Waals surface area contributed by atoms with Gasteiger partial charge in [0.1, 0.15) is 0 Å². The molecule has 0 radical (unpaired) electrons. The highest BCUT2D eigenvalue weighted by Gasteiger charge is 2.52. The summed E-state index contributed by atoms with van der Waals surface area (Å²) in [5, 5.41) is 0. The predicted octanol–water partition coefficient (Wildman–Crippen LogP) is 20.4. The van der Waals surface area contributed by atoms with E-state index in [1.165, 1.54) is 83.5 Å². The van der Waals surface area contributed by atoms with Crippen molar-refractivity contribution in [3.05, 3.63) is 0 Å². The van der Waals surface area contributed by atoms with E-state index in [0.717, 1.165) is 81.8 Å². The van der Waals surface area contributed by atoms with Crippen molar-refractivity contribution in [2.75, 3.05) is 0 Å². The fraction of sp³-hybridized carbons (Fsp3) is 1.00. The molecule has 0 atom stereocenters. The van der Waals surface area contributed by atoms with Gasteiger partial charge in [-0.25, -0.2) is 0 Å². The normalized spacial score (nSPS) is 40.9. The molecule has 0 heterocycles. The molecule has 0 nitrogen and oxygen atoms in total. The van der Waals surface area contributed by atoms with Gasteiger partial charge in [-0.2, -0.15) is 0 Å². The maximum Gasteiger partial charge on any atom is -0.0287 e. The van der Waals surface area contributed by atoms with Crippen molar-refractivity contribution in [2.45, 2.75) is 290 Å². The minimum absolute atomic E-state index is 0.880. The zero-order valence-corrected chi connectivity index (χ0v) is 43.1. The van der Waals surface area contributed by atoms with E-state index in [-0.39, 0.29) is 0 Å². The van der Waals surface area contributed by atoms with Gasteiger partial charge in [0, 0.05) is 0 Å². The number of hydrogen-bond donors (Lipinski definition) is 0. The third kappa shape index (κ3) is 17.6. The van der Waals surface area contributed by atoms with Crippen molar-refractivity contribution >= 4 is 0 Å². The van der Waals surface area contributed by atoms with E-state index < -0.39 is 0 Å². The molecule has 0 unspecified atom stereocenters. The molecular weight excluding hydrogens is 697 g/mol. The molecule has 0 aromatic carbocycles. The second-order valence-corrected chi connectivity index (χ2v) is 22.3. The number of rotatable bonds is 9. The van der Waals surface area contributed by atoms with E-state index in [9.17, 15) is 0 Å². The van der Waals surface area contributed by atoms with Crippen molar-refractivity contribution in [3.8, 4) is 0 Å². The molecule has 0 bridgehead atoms. The summed E-state index contributed by atoms with van der Waals surface area (Å²) >= 11 is 0. The summed E-state index contributed by atoms with van der Waals surface area (Å²) in [4.78, 5) is 0. The van der Waals surface area contributed by atoms with Crippen molar-refractivity contribution < 1.29 is 0 Å². The van der Waals surface area contributed by atoms with Crippen LogP contribution in [0.25, 0.3) is 0 Å². The molecule has 346 valence electrons. The highest BCUT2D eigenvalue weighted by molar-refractivity contribution is 5.03. The van der Waals surface area contributed by atoms with Crippen molar-refractivity contribution in [1.82, 2.24) is 0 Å². The van der Waals surface area contributed by atoms with Crippen LogP contribution in [0, 0.1) is 81.8 Å². The summed E-state index contributed by atoms with van der Waals surface area (Å²) in [5.41, 5.74) is 1.76. The van der Waals surface area contributed by atoms with Gasteiger partial charge in [-0.05, 0) is 152 Å². The summed E-state index contributed by atoms with van der Waals surface area (Å²) in [6.45, 7) is 30.4. The Bertz CT molecular complexity index is 917. The first-order valence-corrected chi connectivity index (χ1v) is 28.2. The van der Waals surface area contributed by atoms with Crippen molar-refractivity contribution in [3.63, 3.8) is 0 Å². The molecule has 0 heteroatoms. The molecule has 8 fully saturated rings. The Morgan fingerprint density at radius 2 is 0.483 bits per heavy atom. The van der Waals surface area contributed by atoms with Gasteiger partial charge < -0.3 is 0 Å². The molecule has 8 aliphatic rings. The Labute approximate surface area is 370 Å². The average molecular weight is 812 g/mol. The van der Waals surface area contributed by atoms with Gasteiger partial charge in [0.2, 0.25) is 0 Å². The molecule has 0 N–H and O–H groups in total. The minimum atomic E-state index is 0.880. The van der Waals surface area contributed by atoms with Gasteiger partial charge in [-0.15, -0.1) is 0 Å². The van der Waals surface area contributed by atoms with Crippen LogP contribution >= 0.6 is 0 Å². The van der Waals surface area contributed by atoms with Crippen molar-refractivity contribution in [1.29, 1.82) is 0 Å². The molecule has 8 aliphatic carbocycles. The van der Waals surface area contributed by atoms with Crippen LogP contribution in [0.5, 0.6) is 0 Å². The topological polar surface area (TPSA) is 0 Å². The average Bonchev–Trinajstić information content (AvgIpc) is 3.22. The molecule has 0 aromatic rings. The molecule has 0 aromatic heterocycles. The lowest BCUT2D eigenvalue weighted by atomic mass is 9.47. The van der Waals surface area contributed by atoms with Gasteiger partial charge in [-0.3, -0.25) is 0 Å². The number of hydrogen-bond acceptors (Lipinski definition) is 0. The van der Waals surface area contributed by atoms with Crippen LogP contribution < -0.4 is 0 Å². The molecule has 8 rings (SSSR count). The maximum atomic E-state index is 2.44. The Balaban J connectivity index is 0.000000276. The quantitative estimate of drug-likeness (QED) is 0.218. The van der Waals surface area contributed by atoms with Crippen LogP contribution in [-0.2, 0) is 0 Å². The van der Waals surface area contributed by atoms with Crippen LogP contribution in [0.2, 0.25) is 0 Å². The highest BCUT2D eigenvalue weighted by atomic mass is 14.6. The molecular formula is C58H114. The lowest BCUT2D eigenvalue weighted by Gasteiger charge is -2.58. The third-order valence-electron chi connectivity index (χ3n) is 17.8. The molecule has 58 heavy (non-hydrogen) atoms. The van der Waals surface area contributed by atoms with Gasteiger partial charge >= 0.3 is 0 Å².